The van der Waals surface area contributed by atoms with Gasteiger partial charge in [-0.15, -0.1) is 0 Å². The molecule has 5 aromatic rings. The summed E-state index contributed by atoms with van der Waals surface area (Å²) >= 11 is 6.14. The summed E-state index contributed by atoms with van der Waals surface area (Å²) in [6.45, 7) is 0. The van der Waals surface area contributed by atoms with Crippen LogP contribution in [0, 0.1) is 10.1 Å². The number of pyridine rings is 1. The highest BCUT2D eigenvalue weighted by atomic mass is 35.5. The van der Waals surface area contributed by atoms with E-state index in [9.17, 15) is 10.1 Å². The maximum absolute atomic E-state index is 11.7. The number of nitrogens with one attached hydrogen (secondary N) is 1. The van der Waals surface area contributed by atoms with Gasteiger partial charge >= 0.3 is 0 Å². The number of nitro groups is 1. The van der Waals surface area contributed by atoms with E-state index in [4.69, 9.17) is 17.0 Å². The molecule has 0 aliphatic heterocycles. The van der Waals surface area contributed by atoms with Crippen LogP contribution in [-0.2, 0) is 5.54 Å². The minimum absolute atomic E-state index is 0.0709. The number of hydrogen-bond donors (Lipinski definition) is 2. The molecule has 6 nitrogen and oxygen atoms in total. The summed E-state index contributed by atoms with van der Waals surface area (Å²) in [5.74, 6) is 0. The van der Waals surface area contributed by atoms with Crippen molar-refractivity contribution in [2.24, 2.45) is 0 Å². The summed E-state index contributed by atoms with van der Waals surface area (Å²) in [5, 5.41) is 22.4. The van der Waals surface area contributed by atoms with E-state index < -0.39 is 10.5 Å². The molecular weight excluding hydrogens is 496 g/mol. The van der Waals surface area contributed by atoms with E-state index in [2.05, 4.69) is 46.7 Å². The fraction of sp³-hybridized carbons (Fsp3) is 0.0323. The Bertz CT molecular complexity index is 1500. The van der Waals surface area contributed by atoms with E-state index in [1.807, 2.05) is 54.6 Å². The summed E-state index contributed by atoms with van der Waals surface area (Å²) in [6, 6.07) is 38.3. The molecule has 7 heteroatoms. The number of anilines is 1. The molecule has 0 unspecified atom stereocenters. The number of rotatable bonds is 8. The normalized spacial score (nSPS) is 11.1. The fourth-order valence-electron chi connectivity index (χ4n) is 4.69. The number of nitrogens with zero attached hydrogens (tertiary/aromatic N) is 2. The van der Waals surface area contributed by atoms with E-state index in [1.165, 1.54) is 12.1 Å². The third-order valence-corrected chi connectivity index (χ3v) is 6.69. The van der Waals surface area contributed by atoms with Crippen molar-refractivity contribution >= 4 is 28.7 Å². The van der Waals surface area contributed by atoms with Gasteiger partial charge in [-0.1, -0.05) is 103 Å². The van der Waals surface area contributed by atoms with Crippen molar-refractivity contribution in [1.82, 2.24) is 4.98 Å². The zero-order valence-corrected chi connectivity index (χ0v) is 21.0. The smallest absolute Gasteiger partial charge is 0.270 e. The molecule has 186 valence electrons. The number of hydrogen-bond acceptors (Lipinski definition) is 4. The van der Waals surface area contributed by atoms with Gasteiger partial charge in [-0.2, -0.15) is 0 Å². The molecule has 0 bridgehead atoms. The molecular formula is C31H24ClN4O2+. The van der Waals surface area contributed by atoms with Crippen LogP contribution in [-0.4, -0.2) is 15.6 Å². The monoisotopic (exact) mass is 519 g/mol. The molecule has 3 N–H and O–H groups in total. The number of non-ortho nitro benzene ring substituents is 1. The number of aromatic nitrogens is 1. The van der Waals surface area contributed by atoms with Crippen LogP contribution in [0.2, 0.25) is 5.15 Å². The Hall–Kier alpha value is -4.81. The standard InChI is InChI=1S/C31H23ClN4O2/c32-29-20-22(18-19-34-29)30(33)27-21-26(36(37)38)16-17-28(27)35-31(23-10-4-1-5-11-23,24-12-6-2-7-13-24)25-14-8-3-9-15-25/h1-21,33,35H/p+1. The van der Waals surface area contributed by atoms with Gasteiger partial charge in [0.15, 0.2) is 0 Å². The van der Waals surface area contributed by atoms with E-state index in [0.29, 0.717) is 22.5 Å². The first kappa shape index (κ1) is 24.9. The molecule has 0 saturated carbocycles. The van der Waals surface area contributed by atoms with Gasteiger partial charge in [-0.05, 0) is 34.9 Å². The molecule has 0 aliphatic rings. The Morgan fingerprint density at radius 2 is 1.32 bits per heavy atom. The van der Waals surface area contributed by atoms with Gasteiger partial charge < -0.3 is 5.32 Å². The van der Waals surface area contributed by atoms with Crippen LogP contribution in [0.15, 0.2) is 128 Å². The lowest BCUT2D eigenvalue weighted by atomic mass is 9.76. The lowest BCUT2D eigenvalue weighted by molar-refractivity contribution is -0.384. The average molecular weight is 520 g/mol. The van der Waals surface area contributed by atoms with Crippen molar-refractivity contribution in [3.05, 3.63) is 171 Å². The first-order valence-corrected chi connectivity index (χ1v) is 12.3. The van der Waals surface area contributed by atoms with Gasteiger partial charge in [-0.3, -0.25) is 15.5 Å². The van der Waals surface area contributed by atoms with Gasteiger partial charge in [0.2, 0.25) is 5.71 Å². The third-order valence-electron chi connectivity index (χ3n) is 6.48. The summed E-state index contributed by atoms with van der Waals surface area (Å²) in [5.41, 5.74) is 4.11. The summed E-state index contributed by atoms with van der Waals surface area (Å²) in [6.07, 6.45) is 1.55. The van der Waals surface area contributed by atoms with Gasteiger partial charge in [0.25, 0.3) is 5.69 Å². The number of nitro benzene ring substituents is 1. The zero-order valence-electron chi connectivity index (χ0n) is 20.3. The van der Waals surface area contributed by atoms with Crippen LogP contribution in [0.3, 0.4) is 0 Å². The third kappa shape index (κ3) is 4.77. The SMILES string of the molecule is [NH2+]=C(c1ccnc(Cl)c1)c1cc([N+](=O)[O-])ccc1NC(c1ccccc1)(c1ccccc1)c1ccccc1. The summed E-state index contributed by atoms with van der Waals surface area (Å²) < 4.78 is 0. The molecule has 0 spiro atoms. The topological polar surface area (TPSA) is 93.7 Å². The van der Waals surface area contributed by atoms with Crippen LogP contribution >= 0.6 is 11.6 Å². The Morgan fingerprint density at radius 3 is 1.79 bits per heavy atom. The van der Waals surface area contributed by atoms with Crippen LogP contribution in [0.25, 0.3) is 0 Å². The second kappa shape index (κ2) is 10.7. The Kier molecular flexibility index (Phi) is 6.98. The highest BCUT2D eigenvalue weighted by Gasteiger charge is 2.37. The van der Waals surface area contributed by atoms with Crippen molar-refractivity contribution < 1.29 is 10.3 Å². The van der Waals surface area contributed by atoms with E-state index >= 15 is 0 Å². The molecule has 1 heterocycles. The molecule has 1 aromatic heterocycles. The lowest BCUT2D eigenvalue weighted by Gasteiger charge is -2.38. The molecule has 0 atom stereocenters. The predicted octanol–water partition coefficient (Wildman–Crippen LogP) is 5.64. The van der Waals surface area contributed by atoms with Crippen molar-refractivity contribution in [2.75, 3.05) is 5.32 Å². The predicted molar refractivity (Wildman–Crippen MR) is 150 cm³/mol. The van der Waals surface area contributed by atoms with E-state index in [-0.39, 0.29) is 10.8 Å². The maximum atomic E-state index is 11.7. The molecule has 0 saturated heterocycles. The van der Waals surface area contributed by atoms with Gasteiger partial charge in [-0.25, -0.2) is 4.98 Å². The minimum atomic E-state index is -0.842. The van der Waals surface area contributed by atoms with Gasteiger partial charge in [0.1, 0.15) is 10.7 Å². The Morgan fingerprint density at radius 1 is 0.789 bits per heavy atom. The Labute approximate surface area is 225 Å². The molecule has 0 fully saturated rings. The quantitative estimate of drug-likeness (QED) is 0.0911. The van der Waals surface area contributed by atoms with Crippen molar-refractivity contribution in [3.8, 4) is 0 Å². The van der Waals surface area contributed by atoms with E-state index in [0.717, 1.165) is 16.7 Å². The van der Waals surface area contributed by atoms with E-state index in [1.54, 1.807) is 24.4 Å². The number of nitrogens with two attached hydrogens (primary N) is 1. The van der Waals surface area contributed by atoms with Gasteiger partial charge in [0.05, 0.1) is 16.1 Å². The summed E-state index contributed by atoms with van der Waals surface area (Å²) in [4.78, 5) is 15.3. The fourth-order valence-corrected chi connectivity index (χ4v) is 4.86. The lowest BCUT2D eigenvalue weighted by Crippen LogP contribution is -2.43. The molecule has 4 aromatic carbocycles. The Balaban J connectivity index is 1.77. The first-order chi connectivity index (χ1) is 18.5. The van der Waals surface area contributed by atoms with Crippen LogP contribution in [0.4, 0.5) is 11.4 Å². The average Bonchev–Trinajstić information content (AvgIpc) is 2.97. The van der Waals surface area contributed by atoms with Crippen molar-refractivity contribution in [3.63, 3.8) is 0 Å². The number of halogens is 1. The molecule has 0 radical (unpaired) electrons. The maximum Gasteiger partial charge on any atom is 0.270 e. The van der Waals surface area contributed by atoms with Gasteiger partial charge in [0, 0.05) is 24.0 Å². The van der Waals surface area contributed by atoms with Crippen molar-refractivity contribution in [2.45, 2.75) is 5.54 Å². The number of benzene rings is 4. The molecule has 0 amide bonds. The van der Waals surface area contributed by atoms with Crippen LogP contribution in [0.1, 0.15) is 27.8 Å². The second-order valence-corrected chi connectivity index (χ2v) is 9.13. The molecule has 5 rings (SSSR count). The largest absolute Gasteiger partial charge is 0.367 e. The summed E-state index contributed by atoms with van der Waals surface area (Å²) in [7, 11) is 0. The minimum Gasteiger partial charge on any atom is -0.367 e. The van der Waals surface area contributed by atoms with Crippen LogP contribution in [0.5, 0.6) is 0 Å². The second-order valence-electron chi connectivity index (χ2n) is 8.74. The molecule has 0 aliphatic carbocycles. The van der Waals surface area contributed by atoms with Crippen molar-refractivity contribution in [1.29, 1.82) is 0 Å². The first-order valence-electron chi connectivity index (χ1n) is 12.0. The zero-order chi connectivity index (χ0) is 26.5. The highest BCUT2D eigenvalue weighted by Crippen LogP contribution is 2.41. The molecule has 38 heavy (non-hydrogen) atoms. The highest BCUT2D eigenvalue weighted by molar-refractivity contribution is 6.30. The van der Waals surface area contributed by atoms with Crippen LogP contribution < -0.4 is 10.7 Å².